The summed E-state index contributed by atoms with van der Waals surface area (Å²) in [5.41, 5.74) is -4.83. The Hall–Kier alpha value is -3.62. The molecule has 0 fully saturated rings. The number of alkyl halides is 3. The molecule has 3 rings (SSSR count). The van der Waals surface area contributed by atoms with Gasteiger partial charge in [0, 0.05) is 17.8 Å². The Kier molecular flexibility index (Phi) is 6.83. The van der Waals surface area contributed by atoms with E-state index in [1.807, 2.05) is 0 Å². The van der Waals surface area contributed by atoms with Gasteiger partial charge in [-0.05, 0) is 38.5 Å². The van der Waals surface area contributed by atoms with Crippen LogP contribution in [0.2, 0.25) is 0 Å². The molecule has 0 unspecified atom stereocenters. The highest BCUT2D eigenvalue weighted by atomic mass is 32.2. The lowest BCUT2D eigenvalue weighted by atomic mass is 10.0. The SMILES string of the molecule is CCCOC(=O)N(n1c(=O)[nH]c2cc(C(F)(F)F)c(-c3ccnn3C(C)C)cc2c1=O)S(C)(=O)=O. The number of sulfonamides is 1. The topological polar surface area (TPSA) is 136 Å². The quantitative estimate of drug-likeness (QED) is 0.531. The number of nitrogens with zero attached hydrogens (tertiary/aromatic N) is 4. The van der Waals surface area contributed by atoms with Crippen molar-refractivity contribution < 1.29 is 31.1 Å². The van der Waals surface area contributed by atoms with Crippen LogP contribution in [0.15, 0.2) is 34.0 Å². The maximum Gasteiger partial charge on any atom is 0.444 e. The maximum absolute atomic E-state index is 13.9. The van der Waals surface area contributed by atoms with Crippen molar-refractivity contribution in [3.05, 3.63) is 50.8 Å². The molecular formula is C20H22F3N5O6S. The predicted molar refractivity (Wildman–Crippen MR) is 120 cm³/mol. The fraction of sp³-hybridized carbons (Fsp3) is 0.400. The number of hydrogen-bond donors (Lipinski definition) is 1. The summed E-state index contributed by atoms with van der Waals surface area (Å²) in [5.74, 6) is 0. The van der Waals surface area contributed by atoms with Gasteiger partial charge in [-0.25, -0.2) is 18.0 Å². The molecule has 1 N–H and O–H groups in total. The number of benzene rings is 1. The van der Waals surface area contributed by atoms with Crippen molar-refractivity contribution in [2.45, 2.75) is 39.4 Å². The molecule has 3 aromatic rings. The second kappa shape index (κ2) is 9.20. The number of H-pyrrole nitrogens is 1. The average Bonchev–Trinajstić information content (AvgIpc) is 3.22. The van der Waals surface area contributed by atoms with Crippen LogP contribution >= 0.6 is 0 Å². The summed E-state index contributed by atoms with van der Waals surface area (Å²) in [7, 11) is -4.56. The van der Waals surface area contributed by atoms with E-state index in [0.717, 1.165) is 6.07 Å². The third kappa shape index (κ3) is 4.94. The monoisotopic (exact) mass is 517 g/mol. The predicted octanol–water partition coefficient (Wildman–Crippen LogP) is 2.60. The van der Waals surface area contributed by atoms with E-state index in [9.17, 15) is 36.0 Å². The maximum atomic E-state index is 13.9. The second-order valence-corrected chi connectivity index (χ2v) is 9.68. The fourth-order valence-corrected chi connectivity index (χ4v) is 4.18. The number of ether oxygens (including phenoxy) is 1. The number of fused-ring (bicyclic) bond motifs is 1. The van der Waals surface area contributed by atoms with Crippen LogP contribution in [0.1, 0.15) is 38.8 Å². The molecular weight excluding hydrogens is 495 g/mol. The van der Waals surface area contributed by atoms with E-state index in [1.54, 1.807) is 20.8 Å². The molecule has 0 aliphatic heterocycles. The Morgan fingerprint density at radius 3 is 2.46 bits per heavy atom. The van der Waals surface area contributed by atoms with Crippen LogP contribution < -0.4 is 15.7 Å². The number of hydrogen-bond acceptors (Lipinski definition) is 7. The highest BCUT2D eigenvalue weighted by molar-refractivity contribution is 7.92. The van der Waals surface area contributed by atoms with Gasteiger partial charge in [-0.3, -0.25) is 9.48 Å². The minimum Gasteiger partial charge on any atom is -0.447 e. The van der Waals surface area contributed by atoms with Crippen LogP contribution in [0.3, 0.4) is 0 Å². The molecule has 2 aromatic heterocycles. The zero-order valence-electron chi connectivity index (χ0n) is 19.1. The summed E-state index contributed by atoms with van der Waals surface area (Å²) in [5, 5.41) is 3.55. The Labute approximate surface area is 196 Å². The lowest BCUT2D eigenvalue weighted by Gasteiger charge is -2.21. The van der Waals surface area contributed by atoms with Crippen LogP contribution in [0, 0.1) is 0 Å². The zero-order chi connectivity index (χ0) is 26.3. The summed E-state index contributed by atoms with van der Waals surface area (Å²) < 4.78 is 72.3. The molecule has 0 saturated carbocycles. The lowest BCUT2D eigenvalue weighted by molar-refractivity contribution is -0.137. The van der Waals surface area contributed by atoms with Crippen LogP contribution in [0.5, 0.6) is 0 Å². The van der Waals surface area contributed by atoms with Gasteiger partial charge in [0.25, 0.3) is 15.6 Å². The number of rotatable bonds is 6. The first-order valence-corrected chi connectivity index (χ1v) is 12.1. The van der Waals surface area contributed by atoms with Crippen molar-refractivity contribution in [3.8, 4) is 11.3 Å². The average molecular weight is 517 g/mol. The fourth-order valence-electron chi connectivity index (χ4n) is 3.41. The first-order valence-electron chi connectivity index (χ1n) is 10.3. The smallest absolute Gasteiger partial charge is 0.444 e. The largest absolute Gasteiger partial charge is 0.447 e. The molecule has 0 bridgehead atoms. The Bertz CT molecular complexity index is 1500. The number of amides is 1. The van der Waals surface area contributed by atoms with Gasteiger partial charge >= 0.3 is 18.0 Å². The second-order valence-electron chi connectivity index (χ2n) is 7.86. The highest BCUT2D eigenvalue weighted by Crippen LogP contribution is 2.39. The molecule has 11 nitrogen and oxygen atoms in total. The summed E-state index contributed by atoms with van der Waals surface area (Å²) in [6.45, 7) is 4.82. The minimum absolute atomic E-state index is 0.0214. The molecule has 0 spiro atoms. The standard InChI is InChI=1S/C20H22F3N5O6S/c1-5-8-34-19(31)28(35(4,32)33)27-17(29)13-9-12(16-6-7-24-26(16)11(2)3)14(20(21,22)23)10-15(13)25-18(27)30/h6-7,9-11H,5,8H2,1-4H3,(H,25,30). The Morgan fingerprint density at radius 2 is 1.91 bits per heavy atom. The van der Waals surface area contributed by atoms with E-state index in [-0.39, 0.29) is 27.4 Å². The zero-order valence-corrected chi connectivity index (χ0v) is 19.9. The van der Waals surface area contributed by atoms with Crippen LogP contribution in [-0.2, 0) is 20.9 Å². The summed E-state index contributed by atoms with van der Waals surface area (Å²) in [6.07, 6.45) is -4.22. The Morgan fingerprint density at radius 1 is 1.26 bits per heavy atom. The van der Waals surface area contributed by atoms with Gasteiger partial charge in [0.2, 0.25) is 0 Å². The molecule has 1 amide bonds. The molecule has 0 aliphatic rings. The number of aromatic amines is 1. The summed E-state index contributed by atoms with van der Waals surface area (Å²) in [6, 6.07) is 2.44. The van der Waals surface area contributed by atoms with Gasteiger partial charge in [-0.15, -0.1) is 4.68 Å². The first kappa shape index (κ1) is 26.0. The van der Waals surface area contributed by atoms with Crippen LogP contribution in [0.25, 0.3) is 22.2 Å². The molecule has 0 radical (unpaired) electrons. The molecule has 35 heavy (non-hydrogen) atoms. The Balaban J connectivity index is 2.41. The van der Waals surface area contributed by atoms with Crippen molar-refractivity contribution in [1.29, 1.82) is 0 Å². The third-order valence-corrected chi connectivity index (χ3v) is 5.78. The van der Waals surface area contributed by atoms with Gasteiger partial charge < -0.3 is 9.72 Å². The highest BCUT2D eigenvalue weighted by Gasteiger charge is 2.36. The number of halogens is 3. The normalized spacial score (nSPS) is 12.3. The van der Waals surface area contributed by atoms with Gasteiger partial charge in [0.15, 0.2) is 0 Å². The molecule has 1 aromatic carbocycles. The van der Waals surface area contributed by atoms with E-state index in [1.165, 1.54) is 16.9 Å². The number of carbonyl (C=O) groups excluding carboxylic acids is 1. The number of nitrogens with one attached hydrogen (secondary N) is 1. The van der Waals surface area contributed by atoms with E-state index in [4.69, 9.17) is 4.74 Å². The number of carbonyl (C=O) groups is 1. The van der Waals surface area contributed by atoms with Crippen LogP contribution in [-0.4, -0.2) is 46.8 Å². The van der Waals surface area contributed by atoms with Gasteiger partial charge in [-0.2, -0.15) is 18.3 Å². The minimum atomic E-state index is -4.87. The molecule has 2 heterocycles. The molecule has 0 saturated heterocycles. The van der Waals surface area contributed by atoms with Crippen molar-refractivity contribution in [2.24, 2.45) is 0 Å². The van der Waals surface area contributed by atoms with Crippen LogP contribution in [0.4, 0.5) is 18.0 Å². The summed E-state index contributed by atoms with van der Waals surface area (Å²) in [4.78, 5) is 40.3. The first-order chi connectivity index (χ1) is 16.2. The van der Waals surface area contributed by atoms with Crippen molar-refractivity contribution in [2.75, 3.05) is 17.3 Å². The molecule has 0 atom stereocenters. The van der Waals surface area contributed by atoms with E-state index >= 15 is 0 Å². The summed E-state index contributed by atoms with van der Waals surface area (Å²) >= 11 is 0. The lowest BCUT2D eigenvalue weighted by Crippen LogP contribution is -2.56. The van der Waals surface area contributed by atoms with Crippen molar-refractivity contribution in [3.63, 3.8) is 0 Å². The third-order valence-electron chi connectivity index (χ3n) is 4.84. The molecule has 0 aliphatic carbocycles. The van der Waals surface area contributed by atoms with Gasteiger partial charge in [0.05, 0.1) is 35.0 Å². The van der Waals surface area contributed by atoms with Gasteiger partial charge in [-0.1, -0.05) is 11.3 Å². The molecule has 15 heteroatoms. The van der Waals surface area contributed by atoms with E-state index < -0.39 is 55.6 Å². The molecule has 190 valence electrons. The van der Waals surface area contributed by atoms with Gasteiger partial charge in [0.1, 0.15) is 0 Å². The number of aromatic nitrogens is 4. The van der Waals surface area contributed by atoms with E-state index in [2.05, 4.69) is 10.1 Å². The van der Waals surface area contributed by atoms with Crippen molar-refractivity contribution in [1.82, 2.24) is 19.4 Å². The van der Waals surface area contributed by atoms with E-state index in [0.29, 0.717) is 18.7 Å². The van der Waals surface area contributed by atoms with Crippen molar-refractivity contribution >= 4 is 27.0 Å².